The van der Waals surface area contributed by atoms with Crippen LogP contribution in [0.1, 0.15) is 12.8 Å². The molecule has 0 radical (unpaired) electrons. The van der Waals surface area contributed by atoms with Crippen LogP contribution in [0.4, 0.5) is 17.1 Å². The van der Waals surface area contributed by atoms with Crippen molar-refractivity contribution in [1.29, 1.82) is 0 Å². The molecule has 0 N–H and O–H groups in total. The summed E-state index contributed by atoms with van der Waals surface area (Å²) >= 11 is 0. The Bertz CT molecular complexity index is 3180. The monoisotopic (exact) mass is 704 g/mol. The number of fused-ring (bicyclic) bond motifs is 7. The van der Waals surface area contributed by atoms with Gasteiger partial charge in [0.15, 0.2) is 5.42 Å². The van der Waals surface area contributed by atoms with E-state index in [2.05, 4.69) is 204 Å². The minimum Gasteiger partial charge on any atom is -0.454 e. The zero-order valence-electron chi connectivity index (χ0n) is 30.2. The lowest BCUT2D eigenvalue weighted by atomic mass is 10.0. The Kier molecular flexibility index (Phi) is 7.31. The maximum absolute atomic E-state index is 6.57. The highest BCUT2D eigenvalue weighted by Crippen LogP contribution is 2.41. The minimum atomic E-state index is 0.923. The normalized spacial score (nSPS) is 12.7. The smallest absolute Gasteiger partial charge is 0.154 e. The summed E-state index contributed by atoms with van der Waals surface area (Å²) in [7, 11) is 0. The van der Waals surface area contributed by atoms with Crippen LogP contribution in [0.15, 0.2) is 192 Å². The highest BCUT2D eigenvalue weighted by Gasteiger charge is 2.20. The third-order valence-electron chi connectivity index (χ3n) is 11.3. The summed E-state index contributed by atoms with van der Waals surface area (Å²) in [6.45, 7) is 0. The van der Waals surface area contributed by atoms with Crippen molar-refractivity contribution < 1.29 is 4.42 Å². The minimum absolute atomic E-state index is 0.923. The molecule has 10 aromatic rings. The van der Waals surface area contributed by atoms with Gasteiger partial charge in [0, 0.05) is 38.1 Å². The summed E-state index contributed by atoms with van der Waals surface area (Å²) in [4.78, 5) is 2.38. The molecule has 2 heterocycles. The lowest BCUT2D eigenvalue weighted by Crippen LogP contribution is -2.28. The number of benzene rings is 8. The van der Waals surface area contributed by atoms with E-state index < -0.39 is 0 Å². The Morgan fingerprint density at radius 3 is 1.85 bits per heavy atom. The van der Waals surface area contributed by atoms with E-state index in [-0.39, 0.29) is 0 Å². The maximum atomic E-state index is 6.57. The average molecular weight is 705 g/mol. The Balaban J connectivity index is 1.02. The number of anilines is 3. The molecule has 0 unspecified atom stereocenters. The van der Waals surface area contributed by atoms with Crippen LogP contribution in [0.2, 0.25) is 0 Å². The molecule has 0 atom stereocenters. The summed E-state index contributed by atoms with van der Waals surface area (Å²) in [6, 6.07) is 67.8. The Morgan fingerprint density at radius 1 is 0.455 bits per heavy atom. The van der Waals surface area contributed by atoms with Crippen LogP contribution in [-0.2, 0) is 0 Å². The largest absolute Gasteiger partial charge is 0.454 e. The predicted octanol–water partition coefficient (Wildman–Crippen LogP) is 12.7. The third kappa shape index (κ3) is 5.20. The van der Waals surface area contributed by atoms with Crippen molar-refractivity contribution in [3.63, 3.8) is 0 Å². The van der Waals surface area contributed by atoms with Crippen LogP contribution < -0.4 is 15.5 Å². The lowest BCUT2D eigenvalue weighted by molar-refractivity contribution is 0.564. The first-order valence-electron chi connectivity index (χ1n) is 19.1. The topological polar surface area (TPSA) is 21.3 Å². The molecule has 1 aliphatic carbocycles. The lowest BCUT2D eigenvalue weighted by Gasteiger charge is -2.27. The van der Waals surface area contributed by atoms with Crippen molar-refractivity contribution in [2.45, 2.75) is 12.8 Å². The second kappa shape index (κ2) is 12.8. The molecular weight excluding hydrogens is 669 g/mol. The van der Waals surface area contributed by atoms with Gasteiger partial charge in [0.1, 0.15) is 5.58 Å². The van der Waals surface area contributed by atoms with E-state index in [1.165, 1.54) is 71.1 Å². The molecule has 0 saturated heterocycles. The number of aromatic nitrogens is 1. The fourth-order valence-electron chi connectivity index (χ4n) is 8.67. The average Bonchev–Trinajstić information content (AvgIpc) is 3.80. The van der Waals surface area contributed by atoms with Gasteiger partial charge in [0.2, 0.25) is 0 Å². The van der Waals surface area contributed by atoms with Gasteiger partial charge in [-0.05, 0) is 95.1 Å². The van der Waals surface area contributed by atoms with Crippen molar-refractivity contribution in [3.05, 3.63) is 199 Å². The van der Waals surface area contributed by atoms with Gasteiger partial charge in [-0.1, -0.05) is 140 Å². The van der Waals surface area contributed by atoms with Gasteiger partial charge in [-0.2, -0.15) is 0 Å². The second-order valence-corrected chi connectivity index (χ2v) is 14.4. The Morgan fingerprint density at radius 2 is 1.05 bits per heavy atom. The van der Waals surface area contributed by atoms with Gasteiger partial charge in [-0.3, -0.25) is 0 Å². The molecule has 1 aliphatic rings. The summed E-state index contributed by atoms with van der Waals surface area (Å²) in [6.07, 6.45) is 4.24. The summed E-state index contributed by atoms with van der Waals surface area (Å²) in [5.74, 6) is 0. The molecule has 3 heteroatoms. The standard InChI is InChI=1S/C52H36N2O/c1-2-12-35(13-3-1)36-24-29-40(30-25-36)53(47-21-10-15-38-14-4-5-16-42(38)47)41-31-26-37(27-32-41)39-28-33-49-46(34-39)43-17-6-8-20-48(43)54(49)50-22-11-19-45-44-18-7-9-23-51(44)55-52(45)50/h1-10,12-21,23-34H,11,22H2. The van der Waals surface area contributed by atoms with Crippen molar-refractivity contribution in [3.8, 4) is 22.3 Å². The predicted molar refractivity (Wildman–Crippen MR) is 230 cm³/mol. The fraction of sp³-hybridized carbons (Fsp3) is 0.0385. The number of nitrogens with zero attached hydrogens (tertiary/aromatic N) is 2. The fourth-order valence-corrected chi connectivity index (χ4v) is 8.67. The first-order valence-corrected chi connectivity index (χ1v) is 19.1. The highest BCUT2D eigenvalue weighted by molar-refractivity contribution is 6.11. The molecule has 260 valence electrons. The van der Waals surface area contributed by atoms with E-state index in [4.69, 9.17) is 4.42 Å². The molecular formula is C52H36N2O. The van der Waals surface area contributed by atoms with Crippen molar-refractivity contribution in [1.82, 2.24) is 4.57 Å². The maximum Gasteiger partial charge on any atom is 0.154 e. The van der Waals surface area contributed by atoms with Gasteiger partial charge >= 0.3 is 0 Å². The number of para-hydroxylation sites is 2. The van der Waals surface area contributed by atoms with Crippen LogP contribution in [-0.4, -0.2) is 4.57 Å². The number of hydrogen-bond donors (Lipinski definition) is 0. The second-order valence-electron chi connectivity index (χ2n) is 14.4. The van der Waals surface area contributed by atoms with Crippen LogP contribution in [0, 0.1) is 0 Å². The van der Waals surface area contributed by atoms with E-state index in [1.54, 1.807) is 0 Å². The molecule has 0 amide bonds. The molecule has 0 fully saturated rings. The zero-order valence-corrected chi connectivity index (χ0v) is 30.2. The number of furan rings is 1. The molecule has 2 aromatic heterocycles. The SMILES string of the molecule is C1=c2c(oc3ccccc23)=C(n2c3ccccc3c3cc(-c4ccc(N(c5ccc(-c6ccccc6)cc5)c5cccc6ccccc56)cc4)ccc32)CC1. The first kappa shape index (κ1) is 31.4. The van der Waals surface area contributed by atoms with Crippen molar-refractivity contribution in [2.24, 2.45) is 0 Å². The van der Waals surface area contributed by atoms with E-state index in [1.807, 2.05) is 0 Å². The summed E-state index contributed by atoms with van der Waals surface area (Å²) < 4.78 is 9.01. The first-order chi connectivity index (χ1) is 27.3. The molecule has 3 nitrogen and oxygen atoms in total. The van der Waals surface area contributed by atoms with Crippen molar-refractivity contribution >= 4 is 72.4 Å². The number of rotatable bonds is 6. The van der Waals surface area contributed by atoms with Crippen LogP contribution >= 0.6 is 0 Å². The van der Waals surface area contributed by atoms with E-state index in [0.717, 1.165) is 40.9 Å². The summed E-state index contributed by atoms with van der Waals surface area (Å²) in [5, 5.41) is 7.32. The van der Waals surface area contributed by atoms with Crippen LogP contribution in [0.5, 0.6) is 0 Å². The Hall–Kier alpha value is -7.10. The van der Waals surface area contributed by atoms with E-state index >= 15 is 0 Å². The van der Waals surface area contributed by atoms with Crippen LogP contribution in [0.25, 0.3) is 77.6 Å². The molecule has 8 aromatic carbocycles. The van der Waals surface area contributed by atoms with E-state index in [0.29, 0.717) is 0 Å². The Labute approximate surface area is 318 Å². The third-order valence-corrected chi connectivity index (χ3v) is 11.3. The van der Waals surface area contributed by atoms with Gasteiger partial charge in [0.25, 0.3) is 0 Å². The van der Waals surface area contributed by atoms with Crippen molar-refractivity contribution in [2.75, 3.05) is 4.90 Å². The molecule has 0 spiro atoms. The summed E-state index contributed by atoms with van der Waals surface area (Å²) in [5.41, 5.74) is 13.7. The molecule has 0 bridgehead atoms. The zero-order chi connectivity index (χ0) is 36.3. The van der Waals surface area contributed by atoms with Gasteiger partial charge in [-0.25, -0.2) is 0 Å². The van der Waals surface area contributed by atoms with E-state index in [9.17, 15) is 0 Å². The number of hydrogen-bond acceptors (Lipinski definition) is 2. The van der Waals surface area contributed by atoms with Crippen LogP contribution in [0.3, 0.4) is 0 Å². The molecule has 11 rings (SSSR count). The highest BCUT2D eigenvalue weighted by atomic mass is 16.3. The molecule has 55 heavy (non-hydrogen) atoms. The molecule has 0 saturated carbocycles. The van der Waals surface area contributed by atoms with Gasteiger partial charge in [-0.15, -0.1) is 0 Å². The quantitative estimate of drug-likeness (QED) is 0.172. The van der Waals surface area contributed by atoms with Gasteiger partial charge in [0.05, 0.1) is 22.4 Å². The van der Waals surface area contributed by atoms with Gasteiger partial charge < -0.3 is 13.9 Å². The molecule has 0 aliphatic heterocycles.